The van der Waals surface area contributed by atoms with Crippen molar-refractivity contribution >= 4 is 23.5 Å². The van der Waals surface area contributed by atoms with E-state index in [9.17, 15) is 14.4 Å². The van der Waals surface area contributed by atoms with Gasteiger partial charge in [-0.3, -0.25) is 14.4 Å². The standard InChI is InChI=1S/C16H11NO3/c1-17-14-9(8-18)6-7-12-13(14)16(20)11-5-3-2-4-10(11)15(12)19/h2-8,17H,1H3. The molecule has 3 rings (SSSR count). The lowest BCUT2D eigenvalue weighted by molar-refractivity contribution is 0.0979. The van der Waals surface area contributed by atoms with Gasteiger partial charge in [-0.15, -0.1) is 0 Å². The number of ketones is 2. The molecule has 0 heterocycles. The molecule has 0 bridgehead atoms. The number of carbonyl (C=O) groups is 3. The highest BCUT2D eigenvalue weighted by Crippen LogP contribution is 2.33. The summed E-state index contributed by atoms with van der Waals surface area (Å²) in [6.07, 6.45) is 0.671. The summed E-state index contributed by atoms with van der Waals surface area (Å²) in [5.74, 6) is -0.424. The summed E-state index contributed by atoms with van der Waals surface area (Å²) >= 11 is 0. The third-order valence-electron chi connectivity index (χ3n) is 3.50. The predicted octanol–water partition coefficient (Wildman–Crippen LogP) is 2.32. The first-order chi connectivity index (χ1) is 9.69. The fraction of sp³-hybridized carbons (Fsp3) is 0.0625. The molecule has 2 aromatic carbocycles. The predicted molar refractivity (Wildman–Crippen MR) is 74.7 cm³/mol. The van der Waals surface area contributed by atoms with Crippen molar-refractivity contribution in [2.45, 2.75) is 0 Å². The molecular weight excluding hydrogens is 254 g/mol. The summed E-state index contributed by atoms with van der Waals surface area (Å²) in [4.78, 5) is 36.1. The average molecular weight is 265 g/mol. The first-order valence-electron chi connectivity index (χ1n) is 6.17. The Morgan fingerprint density at radius 1 is 0.900 bits per heavy atom. The van der Waals surface area contributed by atoms with Crippen LogP contribution in [0.2, 0.25) is 0 Å². The molecule has 1 aliphatic carbocycles. The minimum Gasteiger partial charge on any atom is -0.387 e. The topological polar surface area (TPSA) is 63.2 Å². The molecule has 0 saturated heterocycles. The van der Waals surface area contributed by atoms with Gasteiger partial charge in [0.25, 0.3) is 0 Å². The number of fused-ring (bicyclic) bond motifs is 2. The summed E-state index contributed by atoms with van der Waals surface area (Å²) < 4.78 is 0. The molecule has 2 aromatic rings. The SMILES string of the molecule is CNc1c(C=O)ccc2c1C(=O)c1ccccc1C2=O. The zero-order valence-electron chi connectivity index (χ0n) is 10.8. The Bertz CT molecular complexity index is 762. The molecule has 1 aliphatic rings. The van der Waals surface area contributed by atoms with E-state index in [1.165, 1.54) is 6.07 Å². The van der Waals surface area contributed by atoms with E-state index in [2.05, 4.69) is 5.32 Å². The van der Waals surface area contributed by atoms with Gasteiger partial charge in [-0.25, -0.2) is 0 Å². The number of carbonyl (C=O) groups excluding carboxylic acids is 3. The summed E-state index contributed by atoms with van der Waals surface area (Å²) in [7, 11) is 1.63. The van der Waals surface area contributed by atoms with Gasteiger partial charge in [-0.2, -0.15) is 0 Å². The summed E-state index contributed by atoms with van der Waals surface area (Å²) in [5, 5.41) is 2.85. The Labute approximate surface area is 115 Å². The molecule has 20 heavy (non-hydrogen) atoms. The first kappa shape index (κ1) is 12.3. The smallest absolute Gasteiger partial charge is 0.196 e. The maximum absolute atomic E-state index is 12.6. The van der Waals surface area contributed by atoms with Crippen molar-refractivity contribution in [3.8, 4) is 0 Å². The maximum Gasteiger partial charge on any atom is 0.196 e. The molecule has 4 heteroatoms. The van der Waals surface area contributed by atoms with Gasteiger partial charge in [0.1, 0.15) is 0 Å². The van der Waals surface area contributed by atoms with Crippen LogP contribution in [0.1, 0.15) is 42.2 Å². The Kier molecular flexibility index (Phi) is 2.71. The van der Waals surface area contributed by atoms with Crippen LogP contribution in [0.5, 0.6) is 0 Å². The van der Waals surface area contributed by atoms with Crippen LogP contribution in [0.4, 0.5) is 5.69 Å². The molecule has 0 aromatic heterocycles. The van der Waals surface area contributed by atoms with E-state index in [1.807, 2.05) is 0 Å². The second-order valence-corrected chi connectivity index (χ2v) is 4.52. The zero-order valence-corrected chi connectivity index (χ0v) is 10.8. The lowest BCUT2D eigenvalue weighted by Gasteiger charge is -2.20. The van der Waals surface area contributed by atoms with E-state index < -0.39 is 0 Å². The third kappa shape index (κ3) is 1.51. The number of anilines is 1. The largest absolute Gasteiger partial charge is 0.387 e. The lowest BCUT2D eigenvalue weighted by atomic mass is 9.82. The van der Waals surface area contributed by atoms with Crippen molar-refractivity contribution < 1.29 is 14.4 Å². The van der Waals surface area contributed by atoms with Crippen molar-refractivity contribution in [2.24, 2.45) is 0 Å². The van der Waals surface area contributed by atoms with Crippen LogP contribution in [0.3, 0.4) is 0 Å². The molecule has 0 amide bonds. The van der Waals surface area contributed by atoms with Crippen molar-refractivity contribution in [2.75, 3.05) is 12.4 Å². The number of aldehydes is 1. The molecule has 4 nitrogen and oxygen atoms in total. The quantitative estimate of drug-likeness (QED) is 0.722. The Morgan fingerprint density at radius 2 is 1.55 bits per heavy atom. The number of benzene rings is 2. The molecule has 98 valence electrons. The normalized spacial score (nSPS) is 12.7. The van der Waals surface area contributed by atoms with Crippen LogP contribution in [-0.2, 0) is 0 Å². The second kappa shape index (κ2) is 4.42. The highest BCUT2D eigenvalue weighted by atomic mass is 16.1. The Morgan fingerprint density at radius 3 is 2.15 bits per heavy atom. The van der Waals surface area contributed by atoms with Crippen molar-refractivity contribution in [3.05, 3.63) is 64.2 Å². The summed E-state index contributed by atoms with van der Waals surface area (Å²) in [5.41, 5.74) is 2.18. The van der Waals surface area contributed by atoms with E-state index in [1.54, 1.807) is 37.4 Å². The van der Waals surface area contributed by atoms with Crippen molar-refractivity contribution in [1.82, 2.24) is 0 Å². The van der Waals surface area contributed by atoms with Crippen LogP contribution in [0, 0.1) is 0 Å². The van der Waals surface area contributed by atoms with Crippen LogP contribution >= 0.6 is 0 Å². The zero-order chi connectivity index (χ0) is 14.3. The van der Waals surface area contributed by atoms with Crippen LogP contribution in [0.25, 0.3) is 0 Å². The minimum atomic E-state index is -0.233. The fourth-order valence-electron chi connectivity index (χ4n) is 2.57. The molecule has 0 aliphatic heterocycles. The highest BCUT2D eigenvalue weighted by Gasteiger charge is 2.32. The first-order valence-corrected chi connectivity index (χ1v) is 6.17. The van der Waals surface area contributed by atoms with Gasteiger partial charge in [0.05, 0.1) is 11.3 Å². The second-order valence-electron chi connectivity index (χ2n) is 4.52. The van der Waals surface area contributed by atoms with Crippen LogP contribution in [0.15, 0.2) is 36.4 Å². The fourth-order valence-corrected chi connectivity index (χ4v) is 2.57. The minimum absolute atomic E-state index is 0.191. The van der Waals surface area contributed by atoms with Gasteiger partial charge in [0.15, 0.2) is 17.9 Å². The molecule has 0 spiro atoms. The van der Waals surface area contributed by atoms with Gasteiger partial charge in [0.2, 0.25) is 0 Å². The maximum atomic E-state index is 12.6. The molecular formula is C16H11NO3. The van der Waals surface area contributed by atoms with Crippen molar-refractivity contribution in [3.63, 3.8) is 0 Å². The van der Waals surface area contributed by atoms with Crippen LogP contribution in [-0.4, -0.2) is 24.9 Å². The van der Waals surface area contributed by atoms with E-state index in [0.717, 1.165) is 0 Å². The Hall–Kier alpha value is -2.75. The average Bonchev–Trinajstić information content (AvgIpc) is 2.51. The number of hydrogen-bond acceptors (Lipinski definition) is 4. The van der Waals surface area contributed by atoms with Gasteiger partial charge >= 0.3 is 0 Å². The third-order valence-corrected chi connectivity index (χ3v) is 3.50. The highest BCUT2D eigenvalue weighted by molar-refractivity contribution is 6.30. The Balaban J connectivity index is 2.36. The van der Waals surface area contributed by atoms with Gasteiger partial charge in [0, 0.05) is 29.3 Å². The molecule has 0 fully saturated rings. The molecule has 0 radical (unpaired) electrons. The summed E-state index contributed by atoms with van der Waals surface area (Å²) in [6.45, 7) is 0. The van der Waals surface area contributed by atoms with E-state index in [0.29, 0.717) is 34.2 Å². The van der Waals surface area contributed by atoms with Gasteiger partial charge < -0.3 is 5.32 Å². The number of rotatable bonds is 2. The van der Waals surface area contributed by atoms with Gasteiger partial charge in [-0.05, 0) is 12.1 Å². The van der Waals surface area contributed by atoms with E-state index in [-0.39, 0.29) is 17.1 Å². The van der Waals surface area contributed by atoms with E-state index in [4.69, 9.17) is 0 Å². The molecule has 0 unspecified atom stereocenters. The summed E-state index contributed by atoms with van der Waals surface area (Å²) in [6, 6.07) is 9.81. The monoisotopic (exact) mass is 265 g/mol. The number of nitrogens with one attached hydrogen (secondary N) is 1. The van der Waals surface area contributed by atoms with E-state index >= 15 is 0 Å². The van der Waals surface area contributed by atoms with Gasteiger partial charge in [-0.1, -0.05) is 24.3 Å². The molecule has 0 saturated carbocycles. The number of hydrogen-bond donors (Lipinski definition) is 1. The molecule has 0 atom stereocenters. The van der Waals surface area contributed by atoms with Crippen LogP contribution < -0.4 is 5.32 Å². The molecule has 1 N–H and O–H groups in total. The lowest BCUT2D eigenvalue weighted by Crippen LogP contribution is -2.22. The van der Waals surface area contributed by atoms with Crippen molar-refractivity contribution in [1.29, 1.82) is 0 Å².